The van der Waals surface area contributed by atoms with Gasteiger partial charge in [0.25, 0.3) is 0 Å². The van der Waals surface area contributed by atoms with E-state index in [-0.39, 0.29) is 0 Å². The van der Waals surface area contributed by atoms with Crippen molar-refractivity contribution in [2.24, 2.45) is 17.4 Å². The molecule has 13 heavy (non-hydrogen) atoms. The van der Waals surface area contributed by atoms with E-state index in [1.54, 1.807) is 0 Å². The Kier molecular flexibility index (Phi) is 4.18. The standard InChI is InChI=1S/C9H19N3O/c10-8(9(11)13)6-12-5-7-3-1-2-4-7/h7-8,12H,1-6,10H2,(H2,11,13). The Morgan fingerprint density at radius 1 is 1.46 bits per heavy atom. The molecular weight excluding hydrogens is 166 g/mol. The summed E-state index contributed by atoms with van der Waals surface area (Å²) in [5.41, 5.74) is 10.5. The fourth-order valence-electron chi connectivity index (χ4n) is 1.76. The molecule has 4 heteroatoms. The van der Waals surface area contributed by atoms with Gasteiger partial charge in [-0.3, -0.25) is 4.79 Å². The molecule has 0 aromatic rings. The summed E-state index contributed by atoms with van der Waals surface area (Å²) in [5.74, 6) is 0.346. The van der Waals surface area contributed by atoms with E-state index < -0.39 is 11.9 Å². The van der Waals surface area contributed by atoms with Crippen LogP contribution in [0.4, 0.5) is 0 Å². The normalized spacial score (nSPS) is 20.4. The first-order chi connectivity index (χ1) is 6.20. The molecule has 0 heterocycles. The summed E-state index contributed by atoms with van der Waals surface area (Å²) in [5, 5.41) is 3.18. The van der Waals surface area contributed by atoms with Gasteiger partial charge in [0, 0.05) is 6.54 Å². The molecule has 1 fully saturated rings. The Morgan fingerprint density at radius 3 is 2.62 bits per heavy atom. The van der Waals surface area contributed by atoms with E-state index >= 15 is 0 Å². The first-order valence-corrected chi connectivity index (χ1v) is 4.95. The van der Waals surface area contributed by atoms with Crippen LogP contribution in [0.2, 0.25) is 0 Å². The van der Waals surface area contributed by atoms with Gasteiger partial charge in [-0.1, -0.05) is 12.8 Å². The number of hydrogen-bond donors (Lipinski definition) is 3. The monoisotopic (exact) mass is 185 g/mol. The van der Waals surface area contributed by atoms with Gasteiger partial charge in [-0.15, -0.1) is 0 Å². The maximum absolute atomic E-state index is 10.6. The SMILES string of the molecule is NC(=O)C(N)CNCC1CCCC1. The molecular formula is C9H19N3O. The number of nitrogens with one attached hydrogen (secondary N) is 1. The zero-order chi connectivity index (χ0) is 9.68. The number of nitrogens with two attached hydrogens (primary N) is 2. The fourth-order valence-corrected chi connectivity index (χ4v) is 1.76. The number of primary amides is 1. The van der Waals surface area contributed by atoms with Gasteiger partial charge < -0.3 is 16.8 Å². The van der Waals surface area contributed by atoms with Crippen LogP contribution in [0.5, 0.6) is 0 Å². The highest BCUT2D eigenvalue weighted by molar-refractivity contribution is 5.79. The number of carbonyl (C=O) groups is 1. The summed E-state index contributed by atoms with van der Waals surface area (Å²) in [7, 11) is 0. The molecule has 0 aliphatic heterocycles. The van der Waals surface area contributed by atoms with Crippen molar-refractivity contribution in [2.45, 2.75) is 31.7 Å². The lowest BCUT2D eigenvalue weighted by Gasteiger charge is -2.12. The van der Waals surface area contributed by atoms with E-state index in [4.69, 9.17) is 11.5 Å². The van der Waals surface area contributed by atoms with Crippen LogP contribution < -0.4 is 16.8 Å². The summed E-state index contributed by atoms with van der Waals surface area (Å²) in [6, 6.07) is -0.540. The van der Waals surface area contributed by atoms with Crippen LogP contribution in [0.1, 0.15) is 25.7 Å². The molecule has 0 aromatic heterocycles. The highest BCUT2D eigenvalue weighted by atomic mass is 16.1. The van der Waals surface area contributed by atoms with Crippen LogP contribution in [-0.4, -0.2) is 25.0 Å². The summed E-state index contributed by atoms with van der Waals surface area (Å²) in [6.45, 7) is 1.48. The minimum Gasteiger partial charge on any atom is -0.368 e. The van der Waals surface area contributed by atoms with Crippen molar-refractivity contribution in [2.75, 3.05) is 13.1 Å². The lowest BCUT2D eigenvalue weighted by Crippen LogP contribution is -2.45. The molecule has 1 unspecified atom stereocenters. The number of carbonyl (C=O) groups excluding carboxylic acids is 1. The predicted octanol–water partition coefficient (Wildman–Crippen LogP) is -0.421. The van der Waals surface area contributed by atoms with Gasteiger partial charge in [0.1, 0.15) is 0 Å². The quantitative estimate of drug-likeness (QED) is 0.544. The number of hydrogen-bond acceptors (Lipinski definition) is 3. The van der Waals surface area contributed by atoms with E-state index in [1.807, 2.05) is 0 Å². The van der Waals surface area contributed by atoms with E-state index in [0.29, 0.717) is 6.54 Å². The molecule has 0 bridgehead atoms. The van der Waals surface area contributed by atoms with Crippen molar-refractivity contribution in [3.8, 4) is 0 Å². The molecule has 76 valence electrons. The Morgan fingerprint density at radius 2 is 2.08 bits per heavy atom. The minimum atomic E-state index is -0.540. The molecule has 0 radical (unpaired) electrons. The van der Waals surface area contributed by atoms with Crippen molar-refractivity contribution in [3.63, 3.8) is 0 Å². The van der Waals surface area contributed by atoms with Crippen molar-refractivity contribution < 1.29 is 4.79 Å². The third-order valence-corrected chi connectivity index (χ3v) is 2.64. The average molecular weight is 185 g/mol. The van der Waals surface area contributed by atoms with Gasteiger partial charge in [0.15, 0.2) is 0 Å². The Hall–Kier alpha value is -0.610. The van der Waals surface area contributed by atoms with Gasteiger partial charge in [-0.05, 0) is 25.3 Å². The lowest BCUT2D eigenvalue weighted by molar-refractivity contribution is -0.119. The van der Waals surface area contributed by atoms with Gasteiger partial charge >= 0.3 is 0 Å². The Balaban J connectivity index is 2.02. The highest BCUT2D eigenvalue weighted by Crippen LogP contribution is 2.23. The van der Waals surface area contributed by atoms with Crippen molar-refractivity contribution in [3.05, 3.63) is 0 Å². The minimum absolute atomic E-state index is 0.432. The smallest absolute Gasteiger partial charge is 0.235 e. The Bertz CT molecular complexity index is 166. The van der Waals surface area contributed by atoms with Crippen molar-refractivity contribution >= 4 is 5.91 Å². The predicted molar refractivity (Wildman–Crippen MR) is 52.0 cm³/mol. The van der Waals surface area contributed by atoms with Crippen LogP contribution in [0.3, 0.4) is 0 Å². The van der Waals surface area contributed by atoms with Crippen LogP contribution >= 0.6 is 0 Å². The molecule has 0 spiro atoms. The van der Waals surface area contributed by atoms with Gasteiger partial charge in [-0.2, -0.15) is 0 Å². The van der Waals surface area contributed by atoms with Crippen LogP contribution in [-0.2, 0) is 4.79 Å². The van der Waals surface area contributed by atoms with Crippen LogP contribution in [0, 0.1) is 5.92 Å². The second-order valence-corrected chi connectivity index (χ2v) is 3.82. The zero-order valence-electron chi connectivity index (χ0n) is 7.96. The second kappa shape index (κ2) is 5.19. The molecule has 0 aromatic carbocycles. The third kappa shape index (κ3) is 3.74. The van der Waals surface area contributed by atoms with Gasteiger partial charge in [-0.25, -0.2) is 0 Å². The number of amides is 1. The summed E-state index contributed by atoms with van der Waals surface area (Å²) >= 11 is 0. The Labute approximate surface area is 79.0 Å². The van der Waals surface area contributed by atoms with E-state index in [1.165, 1.54) is 25.7 Å². The molecule has 0 saturated heterocycles. The largest absolute Gasteiger partial charge is 0.368 e. The summed E-state index contributed by atoms with van der Waals surface area (Å²) < 4.78 is 0. The lowest BCUT2D eigenvalue weighted by atomic mass is 10.1. The number of rotatable bonds is 5. The average Bonchev–Trinajstić information content (AvgIpc) is 2.56. The molecule has 4 nitrogen and oxygen atoms in total. The van der Waals surface area contributed by atoms with Crippen LogP contribution in [0.25, 0.3) is 0 Å². The van der Waals surface area contributed by atoms with E-state index in [0.717, 1.165) is 12.5 Å². The third-order valence-electron chi connectivity index (χ3n) is 2.64. The zero-order valence-corrected chi connectivity index (χ0v) is 7.96. The highest BCUT2D eigenvalue weighted by Gasteiger charge is 2.15. The molecule has 1 atom stereocenters. The van der Waals surface area contributed by atoms with Crippen LogP contribution in [0.15, 0.2) is 0 Å². The van der Waals surface area contributed by atoms with Crippen molar-refractivity contribution in [1.29, 1.82) is 0 Å². The maximum Gasteiger partial charge on any atom is 0.235 e. The van der Waals surface area contributed by atoms with E-state index in [9.17, 15) is 4.79 Å². The summed E-state index contributed by atoms with van der Waals surface area (Å²) in [6.07, 6.45) is 5.29. The molecule has 1 aliphatic rings. The molecule has 1 amide bonds. The van der Waals surface area contributed by atoms with E-state index in [2.05, 4.69) is 5.32 Å². The maximum atomic E-state index is 10.6. The first-order valence-electron chi connectivity index (χ1n) is 4.95. The van der Waals surface area contributed by atoms with Gasteiger partial charge in [0.05, 0.1) is 6.04 Å². The van der Waals surface area contributed by atoms with Crippen molar-refractivity contribution in [1.82, 2.24) is 5.32 Å². The fraction of sp³-hybridized carbons (Fsp3) is 0.889. The molecule has 1 rings (SSSR count). The first kappa shape index (κ1) is 10.5. The topological polar surface area (TPSA) is 81.1 Å². The molecule has 1 aliphatic carbocycles. The molecule has 1 saturated carbocycles. The van der Waals surface area contributed by atoms with Gasteiger partial charge in [0.2, 0.25) is 5.91 Å². The molecule has 5 N–H and O–H groups in total. The second-order valence-electron chi connectivity index (χ2n) is 3.82. The summed E-state index contributed by atoms with van der Waals surface area (Å²) in [4.78, 5) is 10.6.